The maximum absolute atomic E-state index is 12.5. The van der Waals surface area contributed by atoms with Crippen molar-refractivity contribution in [2.75, 3.05) is 17.2 Å². The zero-order chi connectivity index (χ0) is 15.2. The first-order chi connectivity index (χ1) is 10.1. The molecule has 0 saturated heterocycles. The number of carbonyl (C=O) groups excluding carboxylic acids is 1. The molecule has 0 aliphatic heterocycles. The van der Waals surface area contributed by atoms with Crippen LogP contribution in [0, 0.1) is 6.92 Å². The standard InChI is InChI=1S/C18H22N2O/c1-3-20(17-11-7-4-8-14(17)2)18(21)13-12-15-9-5-6-10-16(15)19/h4-11H,3,12-13,19H2,1-2H3. The number of hydrogen-bond acceptors (Lipinski definition) is 2. The van der Waals surface area contributed by atoms with E-state index in [4.69, 9.17) is 5.73 Å². The smallest absolute Gasteiger partial charge is 0.227 e. The predicted molar refractivity (Wildman–Crippen MR) is 88.4 cm³/mol. The second kappa shape index (κ2) is 6.93. The second-order valence-corrected chi connectivity index (χ2v) is 5.12. The molecular weight excluding hydrogens is 260 g/mol. The van der Waals surface area contributed by atoms with Crippen LogP contribution < -0.4 is 10.6 Å². The third-order valence-corrected chi connectivity index (χ3v) is 3.69. The van der Waals surface area contributed by atoms with Gasteiger partial charge < -0.3 is 10.6 Å². The van der Waals surface area contributed by atoms with Crippen molar-refractivity contribution in [1.82, 2.24) is 0 Å². The Morgan fingerprint density at radius 3 is 2.43 bits per heavy atom. The van der Waals surface area contributed by atoms with Gasteiger partial charge in [0.1, 0.15) is 0 Å². The molecule has 2 N–H and O–H groups in total. The number of carbonyl (C=O) groups is 1. The molecule has 1 amide bonds. The molecule has 0 saturated carbocycles. The highest BCUT2D eigenvalue weighted by molar-refractivity contribution is 5.94. The van der Waals surface area contributed by atoms with E-state index in [1.54, 1.807) is 0 Å². The molecule has 21 heavy (non-hydrogen) atoms. The lowest BCUT2D eigenvalue weighted by molar-refractivity contribution is -0.118. The lowest BCUT2D eigenvalue weighted by atomic mass is 10.1. The Hall–Kier alpha value is -2.29. The highest BCUT2D eigenvalue weighted by Gasteiger charge is 2.15. The first kappa shape index (κ1) is 15.1. The lowest BCUT2D eigenvalue weighted by Gasteiger charge is -2.23. The van der Waals surface area contributed by atoms with Crippen LogP contribution in [-0.2, 0) is 11.2 Å². The van der Waals surface area contributed by atoms with E-state index in [1.165, 1.54) is 0 Å². The van der Waals surface area contributed by atoms with Crippen LogP contribution in [0.1, 0.15) is 24.5 Å². The van der Waals surface area contributed by atoms with Gasteiger partial charge in [-0.3, -0.25) is 4.79 Å². The molecular formula is C18H22N2O. The monoisotopic (exact) mass is 282 g/mol. The SMILES string of the molecule is CCN(C(=O)CCc1ccccc1N)c1ccccc1C. The fraction of sp³-hybridized carbons (Fsp3) is 0.278. The molecule has 2 aromatic carbocycles. The van der Waals surface area contributed by atoms with Gasteiger partial charge in [0, 0.05) is 24.3 Å². The van der Waals surface area contributed by atoms with Crippen molar-refractivity contribution in [1.29, 1.82) is 0 Å². The number of nitrogens with two attached hydrogens (primary N) is 1. The molecule has 0 aromatic heterocycles. The van der Waals surface area contributed by atoms with Crippen LogP contribution in [-0.4, -0.2) is 12.5 Å². The average Bonchev–Trinajstić information content (AvgIpc) is 2.49. The molecule has 0 aliphatic carbocycles. The van der Waals surface area contributed by atoms with Crippen LogP contribution in [0.25, 0.3) is 0 Å². The van der Waals surface area contributed by atoms with Gasteiger partial charge in [0.2, 0.25) is 5.91 Å². The minimum atomic E-state index is 0.134. The van der Waals surface area contributed by atoms with E-state index < -0.39 is 0 Å². The molecule has 2 aromatic rings. The third kappa shape index (κ3) is 3.63. The summed E-state index contributed by atoms with van der Waals surface area (Å²) in [6, 6.07) is 15.7. The summed E-state index contributed by atoms with van der Waals surface area (Å²) in [4.78, 5) is 14.3. The van der Waals surface area contributed by atoms with Crippen molar-refractivity contribution >= 4 is 17.3 Å². The molecule has 0 heterocycles. The summed E-state index contributed by atoms with van der Waals surface area (Å²) in [7, 11) is 0. The number of para-hydroxylation sites is 2. The molecule has 0 unspecified atom stereocenters. The molecule has 0 spiro atoms. The Kier molecular flexibility index (Phi) is 4.99. The summed E-state index contributed by atoms with van der Waals surface area (Å²) in [5.74, 6) is 0.134. The summed E-state index contributed by atoms with van der Waals surface area (Å²) >= 11 is 0. The van der Waals surface area contributed by atoms with Crippen molar-refractivity contribution < 1.29 is 4.79 Å². The average molecular weight is 282 g/mol. The summed E-state index contributed by atoms with van der Waals surface area (Å²) in [6.07, 6.45) is 1.14. The second-order valence-electron chi connectivity index (χ2n) is 5.12. The van der Waals surface area contributed by atoms with Gasteiger partial charge in [-0.1, -0.05) is 36.4 Å². The van der Waals surface area contributed by atoms with Crippen LogP contribution >= 0.6 is 0 Å². The van der Waals surface area contributed by atoms with Gasteiger partial charge in [-0.15, -0.1) is 0 Å². The zero-order valence-electron chi connectivity index (χ0n) is 12.7. The Bertz CT molecular complexity index is 622. The fourth-order valence-electron chi connectivity index (χ4n) is 2.49. The van der Waals surface area contributed by atoms with E-state index in [-0.39, 0.29) is 5.91 Å². The Morgan fingerprint density at radius 1 is 1.10 bits per heavy atom. The maximum atomic E-state index is 12.5. The van der Waals surface area contributed by atoms with E-state index in [0.717, 1.165) is 22.5 Å². The number of amides is 1. The fourth-order valence-corrected chi connectivity index (χ4v) is 2.49. The van der Waals surface area contributed by atoms with E-state index in [1.807, 2.05) is 67.3 Å². The number of benzene rings is 2. The first-order valence-electron chi connectivity index (χ1n) is 7.33. The number of anilines is 2. The summed E-state index contributed by atoms with van der Waals surface area (Å²) in [6.45, 7) is 4.70. The Morgan fingerprint density at radius 2 is 1.76 bits per heavy atom. The highest BCUT2D eigenvalue weighted by atomic mass is 16.2. The Labute approximate surface area is 126 Å². The molecule has 0 aliphatic rings. The molecule has 0 fully saturated rings. The number of aryl methyl sites for hydroxylation is 2. The van der Waals surface area contributed by atoms with Crippen molar-refractivity contribution in [2.45, 2.75) is 26.7 Å². The molecule has 2 rings (SSSR count). The molecule has 3 nitrogen and oxygen atoms in total. The summed E-state index contributed by atoms with van der Waals surface area (Å²) < 4.78 is 0. The van der Waals surface area contributed by atoms with Gasteiger partial charge in [-0.05, 0) is 43.5 Å². The number of nitrogen functional groups attached to an aromatic ring is 1. The van der Waals surface area contributed by atoms with Gasteiger partial charge >= 0.3 is 0 Å². The minimum Gasteiger partial charge on any atom is -0.399 e. The van der Waals surface area contributed by atoms with Gasteiger partial charge in [-0.2, -0.15) is 0 Å². The van der Waals surface area contributed by atoms with E-state index in [2.05, 4.69) is 0 Å². The Balaban J connectivity index is 2.08. The quantitative estimate of drug-likeness (QED) is 0.852. The summed E-state index contributed by atoms with van der Waals surface area (Å²) in [5.41, 5.74) is 9.82. The van der Waals surface area contributed by atoms with Crippen molar-refractivity contribution in [3.63, 3.8) is 0 Å². The number of nitrogens with zero attached hydrogens (tertiary/aromatic N) is 1. The predicted octanol–water partition coefficient (Wildman–Crippen LogP) is 3.56. The molecule has 0 atom stereocenters. The topological polar surface area (TPSA) is 46.3 Å². The van der Waals surface area contributed by atoms with Crippen LogP contribution in [0.4, 0.5) is 11.4 Å². The minimum absolute atomic E-state index is 0.134. The normalized spacial score (nSPS) is 10.4. The largest absolute Gasteiger partial charge is 0.399 e. The van der Waals surface area contributed by atoms with Crippen LogP contribution in [0.5, 0.6) is 0 Å². The van der Waals surface area contributed by atoms with Gasteiger partial charge in [0.05, 0.1) is 0 Å². The van der Waals surface area contributed by atoms with Gasteiger partial charge in [-0.25, -0.2) is 0 Å². The lowest BCUT2D eigenvalue weighted by Crippen LogP contribution is -2.31. The number of hydrogen-bond donors (Lipinski definition) is 1. The van der Waals surface area contributed by atoms with Gasteiger partial charge in [0.15, 0.2) is 0 Å². The molecule has 0 radical (unpaired) electrons. The number of rotatable bonds is 5. The van der Waals surface area contributed by atoms with E-state index in [9.17, 15) is 4.79 Å². The molecule has 3 heteroatoms. The van der Waals surface area contributed by atoms with Crippen LogP contribution in [0.3, 0.4) is 0 Å². The molecule has 0 bridgehead atoms. The molecule has 110 valence electrons. The van der Waals surface area contributed by atoms with E-state index >= 15 is 0 Å². The van der Waals surface area contributed by atoms with E-state index in [0.29, 0.717) is 19.4 Å². The zero-order valence-corrected chi connectivity index (χ0v) is 12.7. The highest BCUT2D eigenvalue weighted by Crippen LogP contribution is 2.21. The summed E-state index contributed by atoms with van der Waals surface area (Å²) in [5, 5.41) is 0. The third-order valence-electron chi connectivity index (χ3n) is 3.69. The van der Waals surface area contributed by atoms with Crippen LogP contribution in [0.15, 0.2) is 48.5 Å². The first-order valence-corrected chi connectivity index (χ1v) is 7.33. The van der Waals surface area contributed by atoms with Crippen molar-refractivity contribution in [3.05, 3.63) is 59.7 Å². The van der Waals surface area contributed by atoms with Gasteiger partial charge in [0.25, 0.3) is 0 Å². The maximum Gasteiger partial charge on any atom is 0.227 e. The van der Waals surface area contributed by atoms with Crippen LogP contribution in [0.2, 0.25) is 0 Å². The van der Waals surface area contributed by atoms with Crippen molar-refractivity contribution in [3.8, 4) is 0 Å². The van der Waals surface area contributed by atoms with Crippen molar-refractivity contribution in [2.24, 2.45) is 0 Å².